The second-order valence-corrected chi connectivity index (χ2v) is 9.76. The molecule has 6 nitrogen and oxygen atoms in total. The zero-order valence-electron chi connectivity index (χ0n) is 15.8. The number of nitrogens with one attached hydrogen (secondary N) is 1. The number of hydrogen-bond donors (Lipinski definition) is 1. The van der Waals surface area contributed by atoms with Crippen molar-refractivity contribution in [3.8, 4) is 5.75 Å². The highest BCUT2D eigenvalue weighted by Crippen LogP contribution is 2.26. The van der Waals surface area contributed by atoms with E-state index in [1.807, 2.05) is 0 Å². The summed E-state index contributed by atoms with van der Waals surface area (Å²) in [5.41, 5.74) is 0.897. The molecule has 2 aromatic rings. The molecule has 150 valence electrons. The summed E-state index contributed by atoms with van der Waals surface area (Å²) in [5, 5.41) is 2.78. The Kier molecular flexibility index (Phi) is 6.42. The number of halogens is 1. The number of carbonyl (C=O) groups excluding carboxylic acids is 1. The van der Waals surface area contributed by atoms with Gasteiger partial charge in [-0.25, -0.2) is 8.42 Å². The number of sulfonamides is 1. The summed E-state index contributed by atoms with van der Waals surface area (Å²) in [6.45, 7) is 3.23. The first-order valence-electron chi connectivity index (χ1n) is 9.06. The number of rotatable bonds is 5. The molecule has 1 amide bonds. The number of nitrogens with zero attached hydrogens (tertiary/aromatic N) is 1. The Morgan fingerprint density at radius 1 is 1.14 bits per heavy atom. The molecule has 0 saturated carbocycles. The van der Waals surface area contributed by atoms with Gasteiger partial charge in [0.15, 0.2) is 0 Å². The third-order valence-electron chi connectivity index (χ3n) is 4.90. The molecule has 2 aromatic carbocycles. The molecule has 0 aliphatic carbocycles. The second-order valence-electron chi connectivity index (χ2n) is 6.91. The minimum absolute atomic E-state index is 0.236. The second kappa shape index (κ2) is 8.63. The number of anilines is 1. The first-order chi connectivity index (χ1) is 13.3. The first-order valence-corrected chi connectivity index (χ1v) is 11.3. The van der Waals surface area contributed by atoms with Gasteiger partial charge in [0, 0.05) is 23.2 Å². The van der Waals surface area contributed by atoms with Crippen molar-refractivity contribution in [2.45, 2.75) is 24.7 Å². The van der Waals surface area contributed by atoms with Crippen LogP contribution in [-0.4, -0.2) is 38.8 Å². The van der Waals surface area contributed by atoms with Gasteiger partial charge in [0.1, 0.15) is 5.75 Å². The van der Waals surface area contributed by atoms with E-state index in [4.69, 9.17) is 4.74 Å². The molecule has 1 fully saturated rings. The van der Waals surface area contributed by atoms with Gasteiger partial charge >= 0.3 is 0 Å². The van der Waals surface area contributed by atoms with Gasteiger partial charge in [0.05, 0.1) is 17.6 Å². The lowest BCUT2D eigenvalue weighted by molar-refractivity contribution is 0.102. The van der Waals surface area contributed by atoms with Gasteiger partial charge in [-0.1, -0.05) is 22.9 Å². The molecule has 1 aliphatic heterocycles. The average Bonchev–Trinajstić information content (AvgIpc) is 2.68. The van der Waals surface area contributed by atoms with Crippen molar-refractivity contribution in [2.75, 3.05) is 25.5 Å². The standard InChI is InChI=1S/C20H23BrN2O4S/c1-14-9-11-23(12-10-14)28(25,26)17-6-4-16(5-7-17)22-20(24)18-13-15(21)3-8-19(18)27-2/h3-8,13-14H,9-12H2,1-2H3,(H,22,24). The average molecular weight is 467 g/mol. The first kappa shape index (κ1) is 20.8. The Bertz CT molecular complexity index is 953. The van der Waals surface area contributed by atoms with E-state index in [1.54, 1.807) is 30.3 Å². The van der Waals surface area contributed by atoms with Crippen LogP contribution in [0.25, 0.3) is 0 Å². The monoisotopic (exact) mass is 466 g/mol. The summed E-state index contributed by atoms with van der Waals surface area (Å²) in [7, 11) is -2.00. The van der Waals surface area contributed by atoms with Crippen molar-refractivity contribution in [3.05, 3.63) is 52.5 Å². The number of carbonyl (C=O) groups is 1. The van der Waals surface area contributed by atoms with E-state index < -0.39 is 10.0 Å². The molecule has 1 saturated heterocycles. The molecule has 0 aromatic heterocycles. The number of ether oxygens (including phenoxy) is 1. The van der Waals surface area contributed by atoms with Crippen LogP contribution in [0.3, 0.4) is 0 Å². The highest BCUT2D eigenvalue weighted by Gasteiger charge is 2.28. The number of benzene rings is 2. The van der Waals surface area contributed by atoms with E-state index in [1.165, 1.54) is 23.5 Å². The minimum Gasteiger partial charge on any atom is -0.496 e. The zero-order valence-corrected chi connectivity index (χ0v) is 18.2. The van der Waals surface area contributed by atoms with Crippen LogP contribution in [0, 0.1) is 5.92 Å². The smallest absolute Gasteiger partial charge is 0.259 e. The Morgan fingerprint density at radius 3 is 2.39 bits per heavy atom. The Balaban J connectivity index is 1.74. The zero-order chi connectivity index (χ0) is 20.3. The molecule has 28 heavy (non-hydrogen) atoms. The summed E-state index contributed by atoms with van der Waals surface area (Å²) in [4.78, 5) is 12.8. The molecular weight excluding hydrogens is 444 g/mol. The highest BCUT2D eigenvalue weighted by molar-refractivity contribution is 9.10. The molecule has 1 heterocycles. The fraction of sp³-hybridized carbons (Fsp3) is 0.350. The largest absolute Gasteiger partial charge is 0.496 e. The molecule has 0 bridgehead atoms. The van der Waals surface area contributed by atoms with Crippen LogP contribution in [0.5, 0.6) is 5.75 Å². The predicted octanol–water partition coefficient (Wildman–Crippen LogP) is 4.13. The number of amides is 1. The molecule has 0 spiro atoms. The van der Waals surface area contributed by atoms with Crippen LogP contribution in [0.1, 0.15) is 30.1 Å². The molecule has 0 atom stereocenters. The van der Waals surface area contributed by atoms with E-state index in [0.29, 0.717) is 36.0 Å². The van der Waals surface area contributed by atoms with Crippen molar-refractivity contribution in [3.63, 3.8) is 0 Å². The van der Waals surface area contributed by atoms with Crippen molar-refractivity contribution >= 4 is 37.5 Å². The fourth-order valence-corrected chi connectivity index (χ4v) is 4.97. The van der Waals surface area contributed by atoms with Gasteiger partial charge in [-0.2, -0.15) is 4.31 Å². The Hall–Kier alpha value is -1.90. The van der Waals surface area contributed by atoms with Crippen LogP contribution in [0.2, 0.25) is 0 Å². The molecule has 1 aliphatic rings. The third kappa shape index (κ3) is 4.56. The molecule has 0 unspecified atom stereocenters. The lowest BCUT2D eigenvalue weighted by Crippen LogP contribution is -2.37. The van der Waals surface area contributed by atoms with E-state index in [9.17, 15) is 13.2 Å². The summed E-state index contributed by atoms with van der Waals surface area (Å²) >= 11 is 3.35. The maximum atomic E-state index is 12.8. The van der Waals surface area contributed by atoms with E-state index in [0.717, 1.165) is 17.3 Å². The molecule has 0 radical (unpaired) electrons. The number of piperidine rings is 1. The highest BCUT2D eigenvalue weighted by atomic mass is 79.9. The van der Waals surface area contributed by atoms with Crippen LogP contribution in [0.4, 0.5) is 5.69 Å². The lowest BCUT2D eigenvalue weighted by atomic mass is 10.0. The fourth-order valence-electron chi connectivity index (χ4n) is 3.14. The normalized spacial score (nSPS) is 16.0. The quantitative estimate of drug-likeness (QED) is 0.718. The van der Waals surface area contributed by atoms with Crippen molar-refractivity contribution in [1.82, 2.24) is 4.31 Å². The van der Waals surface area contributed by atoms with Gasteiger partial charge in [-0.3, -0.25) is 4.79 Å². The number of methoxy groups -OCH3 is 1. The van der Waals surface area contributed by atoms with Gasteiger partial charge < -0.3 is 10.1 Å². The molecular formula is C20H23BrN2O4S. The van der Waals surface area contributed by atoms with Gasteiger partial charge in [-0.15, -0.1) is 0 Å². The minimum atomic E-state index is -3.50. The van der Waals surface area contributed by atoms with Crippen molar-refractivity contribution in [1.29, 1.82) is 0 Å². The molecule has 3 rings (SSSR count). The van der Waals surface area contributed by atoms with E-state index >= 15 is 0 Å². The van der Waals surface area contributed by atoms with Crippen LogP contribution >= 0.6 is 15.9 Å². The molecule has 1 N–H and O–H groups in total. The van der Waals surface area contributed by atoms with Gasteiger partial charge in [0.25, 0.3) is 5.91 Å². The van der Waals surface area contributed by atoms with E-state index in [-0.39, 0.29) is 10.8 Å². The van der Waals surface area contributed by atoms with Crippen molar-refractivity contribution < 1.29 is 17.9 Å². The topological polar surface area (TPSA) is 75.7 Å². The van der Waals surface area contributed by atoms with E-state index in [2.05, 4.69) is 28.2 Å². The van der Waals surface area contributed by atoms with Gasteiger partial charge in [0.2, 0.25) is 10.0 Å². The van der Waals surface area contributed by atoms with Crippen LogP contribution < -0.4 is 10.1 Å². The van der Waals surface area contributed by atoms with Crippen LogP contribution in [-0.2, 0) is 10.0 Å². The van der Waals surface area contributed by atoms with Gasteiger partial charge in [-0.05, 0) is 61.2 Å². The Morgan fingerprint density at radius 2 is 1.79 bits per heavy atom. The summed E-state index contributed by atoms with van der Waals surface area (Å²) < 4.78 is 33.1. The predicted molar refractivity (Wildman–Crippen MR) is 112 cm³/mol. The number of hydrogen-bond acceptors (Lipinski definition) is 4. The van der Waals surface area contributed by atoms with Crippen molar-refractivity contribution in [2.24, 2.45) is 5.92 Å². The maximum absolute atomic E-state index is 12.8. The summed E-state index contributed by atoms with van der Waals surface area (Å²) in [6.07, 6.45) is 1.75. The lowest BCUT2D eigenvalue weighted by Gasteiger charge is -2.29. The summed E-state index contributed by atoms with van der Waals surface area (Å²) in [6, 6.07) is 11.4. The maximum Gasteiger partial charge on any atom is 0.259 e. The SMILES string of the molecule is COc1ccc(Br)cc1C(=O)Nc1ccc(S(=O)(=O)N2CCC(C)CC2)cc1. The third-order valence-corrected chi connectivity index (χ3v) is 7.30. The Labute approximate surface area is 174 Å². The van der Waals surface area contributed by atoms with Crippen LogP contribution in [0.15, 0.2) is 51.8 Å². The molecule has 8 heteroatoms. The summed E-state index contributed by atoms with van der Waals surface area (Å²) in [5.74, 6) is 0.678.